The van der Waals surface area contributed by atoms with Gasteiger partial charge in [-0.2, -0.15) is 0 Å². The number of alkyl halides is 1. The molecule has 1 unspecified atom stereocenters. The zero-order valence-electron chi connectivity index (χ0n) is 26.5. The lowest BCUT2D eigenvalue weighted by Gasteiger charge is -2.37. The number of hydrogen-bond donors (Lipinski definition) is 2. The molecule has 12 nitrogen and oxygen atoms in total. The summed E-state index contributed by atoms with van der Waals surface area (Å²) in [7, 11) is 3.10. The predicted molar refractivity (Wildman–Crippen MR) is 170 cm³/mol. The van der Waals surface area contributed by atoms with E-state index in [0.717, 1.165) is 10.8 Å². The summed E-state index contributed by atoms with van der Waals surface area (Å²) in [6, 6.07) is 23.7. The van der Waals surface area contributed by atoms with Crippen LogP contribution in [0.4, 0.5) is 4.39 Å². The number of nitrogens with zero attached hydrogens (tertiary/aromatic N) is 1. The summed E-state index contributed by atoms with van der Waals surface area (Å²) >= 11 is 0. The number of aliphatic carboxylic acids is 1. The Hall–Kier alpha value is -5.27. The molecule has 1 aliphatic heterocycles. The number of halogens is 1. The number of benzene rings is 3. The molecule has 1 aromatic heterocycles. The largest absolute Gasteiger partial charge is 0.497 e. The third kappa shape index (κ3) is 7.02. The molecular formula is C35H35FN2O10. The van der Waals surface area contributed by atoms with Crippen molar-refractivity contribution in [1.82, 2.24) is 9.55 Å². The number of carboxylic acids is 1. The lowest BCUT2D eigenvalue weighted by molar-refractivity contribution is -0.159. The number of aryl methyl sites for hydroxylation is 1. The summed E-state index contributed by atoms with van der Waals surface area (Å²) in [5, 5.41) is 9.05. The van der Waals surface area contributed by atoms with Crippen molar-refractivity contribution < 1.29 is 42.8 Å². The van der Waals surface area contributed by atoms with E-state index in [0.29, 0.717) is 28.2 Å². The van der Waals surface area contributed by atoms with E-state index in [1.165, 1.54) is 6.92 Å². The van der Waals surface area contributed by atoms with Gasteiger partial charge in [-0.25, -0.2) is 9.18 Å². The van der Waals surface area contributed by atoms with E-state index >= 15 is 4.39 Å². The van der Waals surface area contributed by atoms with Crippen LogP contribution in [0.2, 0.25) is 0 Å². The number of rotatable bonds is 13. The zero-order chi connectivity index (χ0) is 34.4. The summed E-state index contributed by atoms with van der Waals surface area (Å²) in [5.41, 5.74) is -0.729. The van der Waals surface area contributed by atoms with Crippen LogP contribution in [-0.2, 0) is 29.4 Å². The van der Waals surface area contributed by atoms with Gasteiger partial charge in [0.1, 0.15) is 23.2 Å². The number of H-pyrrole nitrogens is 1. The van der Waals surface area contributed by atoms with Crippen molar-refractivity contribution in [1.29, 1.82) is 0 Å². The number of ether oxygens (including phenoxy) is 5. The number of aromatic nitrogens is 2. The molecule has 5 rings (SSSR count). The fourth-order valence-electron chi connectivity index (χ4n) is 5.67. The highest BCUT2D eigenvalue weighted by Crippen LogP contribution is 2.43. The smallest absolute Gasteiger partial charge is 0.330 e. The normalized spacial score (nSPS) is 19.1. The highest BCUT2D eigenvalue weighted by Gasteiger charge is 2.50. The van der Waals surface area contributed by atoms with Gasteiger partial charge in [0, 0.05) is 11.8 Å². The zero-order valence-corrected chi connectivity index (χ0v) is 26.5. The molecule has 252 valence electrons. The van der Waals surface area contributed by atoms with E-state index in [1.54, 1.807) is 38.5 Å². The van der Waals surface area contributed by atoms with Crippen LogP contribution in [0.25, 0.3) is 0 Å². The van der Waals surface area contributed by atoms with Gasteiger partial charge in [-0.1, -0.05) is 54.6 Å². The first-order chi connectivity index (χ1) is 23.1. The molecule has 0 spiro atoms. The van der Waals surface area contributed by atoms with Crippen LogP contribution in [0.1, 0.15) is 41.3 Å². The second kappa shape index (κ2) is 14.7. The minimum Gasteiger partial charge on any atom is -0.497 e. The highest BCUT2D eigenvalue weighted by molar-refractivity contribution is 5.76. The van der Waals surface area contributed by atoms with Gasteiger partial charge >= 0.3 is 17.6 Å². The molecule has 2 heterocycles. The average Bonchev–Trinajstić information content (AvgIpc) is 3.40. The second-order valence-corrected chi connectivity index (χ2v) is 11.2. The standard InChI is InChI=1S/C35H35FN2O10/c1-21-19-38(34(43)37-32(21)42)33-30(36)31(48-29(41)18-17-28(39)40)27(47-33)20-46-35(22-7-5-4-6-8-22,23-9-13-25(44-2)14-10-23)24-11-15-26(45-3)16-12-24/h4-16,19,27,30-31,33H,17-18,20H2,1-3H3,(H,39,40)(H,37,42,43)/t27-,30?,31+,33-/m1/s1. The lowest BCUT2D eigenvalue weighted by atomic mass is 9.80. The Labute approximate surface area is 274 Å². The van der Waals surface area contributed by atoms with Gasteiger partial charge in [0.25, 0.3) is 5.56 Å². The molecule has 1 fully saturated rings. The van der Waals surface area contributed by atoms with Gasteiger partial charge in [0.15, 0.2) is 18.5 Å². The molecule has 0 bridgehead atoms. The van der Waals surface area contributed by atoms with E-state index in [9.17, 15) is 19.2 Å². The van der Waals surface area contributed by atoms with Crippen molar-refractivity contribution in [2.45, 2.75) is 50.0 Å². The monoisotopic (exact) mass is 662 g/mol. The predicted octanol–water partition coefficient (Wildman–Crippen LogP) is 3.88. The summed E-state index contributed by atoms with van der Waals surface area (Å²) in [4.78, 5) is 50.7. The van der Waals surface area contributed by atoms with E-state index in [4.69, 9.17) is 28.8 Å². The number of aromatic amines is 1. The molecule has 4 atom stereocenters. The maximum atomic E-state index is 16.3. The van der Waals surface area contributed by atoms with Crippen molar-refractivity contribution in [2.75, 3.05) is 20.8 Å². The van der Waals surface area contributed by atoms with Gasteiger partial charge in [-0.05, 0) is 47.9 Å². The first-order valence-corrected chi connectivity index (χ1v) is 15.1. The molecule has 4 aromatic rings. The third-order valence-electron chi connectivity index (χ3n) is 8.13. The van der Waals surface area contributed by atoms with E-state index in [-0.39, 0.29) is 12.2 Å². The number of nitrogens with one attached hydrogen (secondary N) is 1. The van der Waals surface area contributed by atoms with Crippen LogP contribution in [0, 0.1) is 6.92 Å². The van der Waals surface area contributed by atoms with Gasteiger partial charge in [0.05, 0.1) is 33.7 Å². The van der Waals surface area contributed by atoms with Crippen molar-refractivity contribution in [3.63, 3.8) is 0 Å². The number of carboxylic acid groups (broad SMARTS) is 1. The Morgan fingerprint density at radius 3 is 2.00 bits per heavy atom. The molecule has 0 saturated carbocycles. The molecular weight excluding hydrogens is 627 g/mol. The van der Waals surface area contributed by atoms with E-state index in [2.05, 4.69) is 4.98 Å². The molecule has 48 heavy (non-hydrogen) atoms. The molecule has 1 saturated heterocycles. The van der Waals surface area contributed by atoms with Crippen molar-refractivity contribution in [2.24, 2.45) is 0 Å². The molecule has 0 amide bonds. The number of carbonyl (C=O) groups is 2. The van der Waals surface area contributed by atoms with Crippen molar-refractivity contribution in [3.05, 3.63) is 128 Å². The Bertz CT molecular complexity index is 1790. The van der Waals surface area contributed by atoms with E-state index < -0.39 is 66.2 Å². The fraction of sp³-hybridized carbons (Fsp3) is 0.314. The SMILES string of the molecule is COc1ccc(C(OC[C@H]2O[C@@H](n3cc(C)c(=O)[nH]c3=O)C(F)[C@H]2OC(=O)CCC(=O)O)(c2ccccc2)c2ccc(OC)cc2)cc1. The molecule has 3 aromatic carbocycles. The molecule has 0 radical (unpaired) electrons. The highest BCUT2D eigenvalue weighted by atomic mass is 19.1. The number of methoxy groups -OCH3 is 2. The molecule has 1 aliphatic rings. The van der Waals surface area contributed by atoms with Gasteiger partial charge in [0.2, 0.25) is 0 Å². The van der Waals surface area contributed by atoms with Crippen LogP contribution in [0.3, 0.4) is 0 Å². The summed E-state index contributed by atoms with van der Waals surface area (Å²) < 4.78 is 46.3. The van der Waals surface area contributed by atoms with Gasteiger partial charge in [-0.15, -0.1) is 0 Å². The van der Waals surface area contributed by atoms with Crippen molar-refractivity contribution >= 4 is 11.9 Å². The quantitative estimate of drug-likeness (QED) is 0.159. The molecule has 13 heteroatoms. The van der Waals surface area contributed by atoms with Gasteiger partial charge < -0.3 is 28.8 Å². The topological polar surface area (TPSA) is 155 Å². The minimum absolute atomic E-state index is 0.127. The van der Waals surface area contributed by atoms with Crippen LogP contribution in [-0.4, -0.2) is 65.8 Å². The number of esters is 1. The fourth-order valence-corrected chi connectivity index (χ4v) is 5.67. The van der Waals surface area contributed by atoms with Crippen LogP contribution >= 0.6 is 0 Å². The number of carbonyl (C=O) groups excluding carboxylic acids is 1. The minimum atomic E-state index is -2.09. The maximum absolute atomic E-state index is 16.3. The Kier molecular flexibility index (Phi) is 10.4. The first kappa shape index (κ1) is 34.1. The Morgan fingerprint density at radius 2 is 1.46 bits per heavy atom. The van der Waals surface area contributed by atoms with Crippen molar-refractivity contribution in [3.8, 4) is 11.5 Å². The summed E-state index contributed by atoms with van der Waals surface area (Å²) in [6.45, 7) is 1.08. The number of hydrogen-bond acceptors (Lipinski definition) is 9. The second-order valence-electron chi connectivity index (χ2n) is 11.2. The average molecular weight is 663 g/mol. The Morgan fingerprint density at radius 1 is 0.896 bits per heavy atom. The third-order valence-corrected chi connectivity index (χ3v) is 8.13. The first-order valence-electron chi connectivity index (χ1n) is 15.1. The van der Waals surface area contributed by atoms with Crippen LogP contribution in [0.5, 0.6) is 11.5 Å². The molecule has 2 N–H and O–H groups in total. The summed E-state index contributed by atoms with van der Waals surface area (Å²) in [6.07, 6.45) is -6.46. The van der Waals surface area contributed by atoms with Crippen LogP contribution in [0.15, 0.2) is 94.6 Å². The maximum Gasteiger partial charge on any atom is 0.330 e. The summed E-state index contributed by atoms with van der Waals surface area (Å²) in [5.74, 6) is -0.990. The lowest BCUT2D eigenvalue weighted by Crippen LogP contribution is -2.41. The molecule has 0 aliphatic carbocycles. The van der Waals surface area contributed by atoms with Crippen LogP contribution < -0.4 is 20.7 Å². The van der Waals surface area contributed by atoms with E-state index in [1.807, 2.05) is 54.6 Å². The Balaban J connectivity index is 1.59. The van der Waals surface area contributed by atoms with Gasteiger partial charge in [-0.3, -0.25) is 23.9 Å².